The van der Waals surface area contributed by atoms with E-state index in [1.807, 2.05) is 0 Å². The van der Waals surface area contributed by atoms with Crippen LogP contribution < -0.4 is 9.47 Å². The van der Waals surface area contributed by atoms with Crippen molar-refractivity contribution in [2.24, 2.45) is 0 Å². The highest BCUT2D eigenvalue weighted by molar-refractivity contribution is 6.09. The molecule has 9 N–H and O–H groups in total. The SMILES string of the molecule is COc1cc(OC2OC(COC3OC(CO)C(O)C(O)C3O)C(O)C(O)C2O)c2c(O)c3c(cc2c1)CC(C)(O)CC3=O. The molecule has 3 aliphatic rings. The second-order valence-corrected chi connectivity index (χ2v) is 11.4. The summed E-state index contributed by atoms with van der Waals surface area (Å²) in [5.41, 5.74) is -0.865. The summed E-state index contributed by atoms with van der Waals surface area (Å²) in [6.07, 6.45) is -16.4. The molecule has 43 heavy (non-hydrogen) atoms. The summed E-state index contributed by atoms with van der Waals surface area (Å²) in [5.74, 6) is -0.727. The van der Waals surface area contributed by atoms with E-state index in [9.17, 15) is 50.8 Å². The van der Waals surface area contributed by atoms with Gasteiger partial charge < -0.3 is 69.6 Å². The lowest BCUT2D eigenvalue weighted by Gasteiger charge is -2.42. The minimum Gasteiger partial charge on any atom is -0.506 e. The molecule has 2 aromatic carbocycles. The van der Waals surface area contributed by atoms with E-state index >= 15 is 0 Å². The van der Waals surface area contributed by atoms with Gasteiger partial charge in [0.25, 0.3) is 0 Å². The Hall–Kier alpha value is -2.67. The molecule has 15 heteroatoms. The van der Waals surface area contributed by atoms with Gasteiger partial charge in [-0.25, -0.2) is 0 Å². The topological polar surface area (TPSA) is 245 Å². The molecule has 238 valence electrons. The molecule has 2 saturated heterocycles. The summed E-state index contributed by atoms with van der Waals surface area (Å²) >= 11 is 0. The largest absolute Gasteiger partial charge is 0.506 e. The van der Waals surface area contributed by atoms with Gasteiger partial charge in [0.05, 0.1) is 36.9 Å². The number of phenols is 1. The first-order valence-electron chi connectivity index (χ1n) is 13.7. The van der Waals surface area contributed by atoms with Gasteiger partial charge in [-0.1, -0.05) is 0 Å². The zero-order chi connectivity index (χ0) is 31.4. The van der Waals surface area contributed by atoms with E-state index in [0.29, 0.717) is 10.9 Å². The summed E-state index contributed by atoms with van der Waals surface area (Å²) in [5, 5.41) is 93.6. The summed E-state index contributed by atoms with van der Waals surface area (Å²) in [4.78, 5) is 12.9. The highest BCUT2D eigenvalue weighted by atomic mass is 16.7. The van der Waals surface area contributed by atoms with Crippen LogP contribution in [-0.4, -0.2) is 139 Å². The summed E-state index contributed by atoms with van der Waals surface area (Å²) in [7, 11) is 1.38. The number of ketones is 1. The van der Waals surface area contributed by atoms with Gasteiger partial charge in [-0.3, -0.25) is 4.79 Å². The van der Waals surface area contributed by atoms with Crippen LogP contribution in [0.2, 0.25) is 0 Å². The molecule has 2 heterocycles. The highest BCUT2D eigenvalue weighted by Crippen LogP contribution is 2.45. The molecule has 11 atom stereocenters. The van der Waals surface area contributed by atoms with Gasteiger partial charge in [-0.05, 0) is 30.0 Å². The molecule has 0 amide bonds. The van der Waals surface area contributed by atoms with Crippen LogP contribution in [0.25, 0.3) is 10.8 Å². The quantitative estimate of drug-likeness (QED) is 0.156. The lowest BCUT2D eigenvalue weighted by atomic mass is 9.79. The van der Waals surface area contributed by atoms with Crippen molar-refractivity contribution in [3.8, 4) is 17.2 Å². The van der Waals surface area contributed by atoms with Gasteiger partial charge in [0, 0.05) is 18.9 Å². The number of phenolic OH excluding ortho intramolecular Hbond substituents is 1. The predicted molar refractivity (Wildman–Crippen MR) is 142 cm³/mol. The Morgan fingerprint density at radius 2 is 1.51 bits per heavy atom. The fraction of sp³-hybridized carbons (Fsp3) is 0.607. The van der Waals surface area contributed by atoms with E-state index in [0.717, 1.165) is 0 Å². The lowest BCUT2D eigenvalue weighted by Crippen LogP contribution is -2.62. The van der Waals surface area contributed by atoms with Gasteiger partial charge >= 0.3 is 0 Å². The number of fused-ring (bicyclic) bond motifs is 2. The third-order valence-electron chi connectivity index (χ3n) is 8.04. The number of aromatic hydroxyl groups is 1. The molecule has 0 radical (unpaired) electrons. The van der Waals surface area contributed by atoms with Crippen molar-refractivity contribution in [3.63, 3.8) is 0 Å². The first-order valence-corrected chi connectivity index (χ1v) is 13.7. The van der Waals surface area contributed by atoms with Crippen LogP contribution in [0.15, 0.2) is 18.2 Å². The maximum atomic E-state index is 12.9. The Kier molecular flexibility index (Phi) is 8.88. The van der Waals surface area contributed by atoms with Crippen molar-refractivity contribution in [1.82, 2.24) is 0 Å². The number of benzene rings is 2. The second kappa shape index (κ2) is 12.0. The summed E-state index contributed by atoms with van der Waals surface area (Å²) in [6, 6.07) is 4.55. The van der Waals surface area contributed by atoms with Crippen molar-refractivity contribution in [2.45, 2.75) is 86.8 Å². The Labute approximate surface area is 245 Å². The molecule has 5 rings (SSSR count). The standard InChI is InChI=1S/C28H36O15/c1-28(38)6-11-3-10-4-12(39-2)5-14(18(10)21(33)17(11)13(30)7-28)41-27-25(37)23(35)20(32)16(43-27)9-40-26-24(36)22(34)19(31)15(8-29)42-26/h3-5,15-16,19-20,22-27,29,31-38H,6-9H2,1-2H3. The molecule has 2 aromatic rings. The predicted octanol–water partition coefficient (Wildman–Crippen LogP) is -2.56. The first kappa shape index (κ1) is 31.7. The van der Waals surface area contributed by atoms with E-state index in [1.54, 1.807) is 12.1 Å². The van der Waals surface area contributed by atoms with Crippen LogP contribution in [0.4, 0.5) is 0 Å². The minimum atomic E-state index is -1.82. The third-order valence-corrected chi connectivity index (χ3v) is 8.04. The summed E-state index contributed by atoms with van der Waals surface area (Å²) in [6.45, 7) is 0.262. The highest BCUT2D eigenvalue weighted by Gasteiger charge is 2.48. The third kappa shape index (κ3) is 5.91. The van der Waals surface area contributed by atoms with Crippen LogP contribution in [0.1, 0.15) is 29.3 Å². The average molecular weight is 613 g/mol. The van der Waals surface area contributed by atoms with Crippen LogP contribution >= 0.6 is 0 Å². The lowest BCUT2D eigenvalue weighted by molar-refractivity contribution is -0.323. The van der Waals surface area contributed by atoms with Crippen molar-refractivity contribution >= 4 is 16.6 Å². The number of hydrogen-bond donors (Lipinski definition) is 9. The second-order valence-electron chi connectivity index (χ2n) is 11.4. The first-order chi connectivity index (χ1) is 20.3. The Morgan fingerprint density at radius 1 is 0.884 bits per heavy atom. The maximum Gasteiger partial charge on any atom is 0.229 e. The molecule has 0 aromatic heterocycles. The molecule has 2 fully saturated rings. The van der Waals surface area contributed by atoms with Crippen molar-refractivity contribution in [3.05, 3.63) is 29.3 Å². The zero-order valence-electron chi connectivity index (χ0n) is 23.3. The molecule has 0 saturated carbocycles. The Bertz CT molecular complexity index is 1350. The molecule has 2 aliphatic heterocycles. The Balaban J connectivity index is 1.42. The number of aliphatic hydroxyl groups is 8. The van der Waals surface area contributed by atoms with E-state index in [-0.39, 0.29) is 35.3 Å². The summed E-state index contributed by atoms with van der Waals surface area (Å²) < 4.78 is 27.7. The smallest absolute Gasteiger partial charge is 0.229 e. The molecule has 11 unspecified atom stereocenters. The monoisotopic (exact) mass is 612 g/mol. The minimum absolute atomic E-state index is 0.0143. The van der Waals surface area contributed by atoms with Crippen LogP contribution in [-0.2, 0) is 20.6 Å². The van der Waals surface area contributed by atoms with Crippen LogP contribution in [0, 0.1) is 0 Å². The molecular formula is C28H36O15. The van der Waals surface area contributed by atoms with E-state index in [4.69, 9.17) is 23.7 Å². The fourth-order valence-corrected chi connectivity index (χ4v) is 5.75. The van der Waals surface area contributed by atoms with Gasteiger partial charge in [-0.15, -0.1) is 0 Å². The van der Waals surface area contributed by atoms with E-state index in [1.165, 1.54) is 20.1 Å². The van der Waals surface area contributed by atoms with Crippen molar-refractivity contribution in [1.29, 1.82) is 0 Å². The number of rotatable bonds is 7. The zero-order valence-corrected chi connectivity index (χ0v) is 23.3. The number of ether oxygens (including phenoxy) is 5. The Morgan fingerprint density at radius 3 is 2.16 bits per heavy atom. The van der Waals surface area contributed by atoms with Crippen molar-refractivity contribution < 1.29 is 74.4 Å². The number of hydrogen-bond acceptors (Lipinski definition) is 15. The van der Waals surface area contributed by atoms with Gasteiger partial charge in [-0.2, -0.15) is 0 Å². The number of carbonyl (C=O) groups excluding carboxylic acids is 1. The molecule has 15 nitrogen and oxygen atoms in total. The van der Waals surface area contributed by atoms with E-state index < -0.39 is 91.8 Å². The molecule has 1 aliphatic carbocycles. The van der Waals surface area contributed by atoms with E-state index in [2.05, 4.69) is 0 Å². The van der Waals surface area contributed by atoms with Crippen LogP contribution in [0.5, 0.6) is 17.2 Å². The van der Waals surface area contributed by atoms with Gasteiger partial charge in [0.2, 0.25) is 6.29 Å². The average Bonchev–Trinajstić information content (AvgIpc) is 2.95. The molecule has 0 spiro atoms. The normalized spacial score (nSPS) is 38.1. The number of aliphatic hydroxyl groups excluding tert-OH is 7. The van der Waals surface area contributed by atoms with Gasteiger partial charge in [0.1, 0.15) is 66.1 Å². The number of methoxy groups -OCH3 is 1. The van der Waals surface area contributed by atoms with Gasteiger partial charge in [0.15, 0.2) is 12.1 Å². The fourth-order valence-electron chi connectivity index (χ4n) is 5.75. The number of carbonyl (C=O) groups is 1. The molecular weight excluding hydrogens is 576 g/mol. The number of Topliss-reactive ketones (excluding diaryl/α,β-unsaturated/α-hetero) is 1. The van der Waals surface area contributed by atoms with Crippen LogP contribution in [0.3, 0.4) is 0 Å². The maximum absolute atomic E-state index is 12.9. The molecule has 0 bridgehead atoms. The van der Waals surface area contributed by atoms with Crippen molar-refractivity contribution in [2.75, 3.05) is 20.3 Å².